The summed E-state index contributed by atoms with van der Waals surface area (Å²) in [6, 6.07) is 7.45. The van der Waals surface area contributed by atoms with Crippen molar-refractivity contribution in [2.24, 2.45) is 0 Å². The Morgan fingerprint density at radius 1 is 1.16 bits per heavy atom. The molecule has 1 N–H and O–H groups in total. The Hall–Kier alpha value is -1.46. The predicted molar refractivity (Wildman–Crippen MR) is 73.5 cm³/mol. The molecule has 0 aliphatic rings. The molecule has 0 aliphatic carbocycles. The van der Waals surface area contributed by atoms with Crippen LogP contribution in [0.2, 0.25) is 5.02 Å². The third kappa shape index (κ3) is 3.30. The van der Waals surface area contributed by atoms with Gasteiger partial charge in [-0.2, -0.15) is 0 Å². The molecule has 0 heterocycles. The van der Waals surface area contributed by atoms with Gasteiger partial charge in [0.1, 0.15) is 11.6 Å². The van der Waals surface area contributed by atoms with Crippen LogP contribution >= 0.6 is 27.5 Å². The number of halogens is 4. The molecule has 0 unspecified atom stereocenters. The SMILES string of the molecule is O=C(Nc1cc(Cl)ccc1F)c1cc(F)ccc1Br. The monoisotopic (exact) mass is 345 g/mol. The first-order valence-corrected chi connectivity index (χ1v) is 6.36. The van der Waals surface area contributed by atoms with Gasteiger partial charge in [-0.25, -0.2) is 8.78 Å². The second-order valence-corrected chi connectivity index (χ2v) is 4.99. The number of carbonyl (C=O) groups is 1. The van der Waals surface area contributed by atoms with Crippen molar-refractivity contribution in [3.8, 4) is 0 Å². The summed E-state index contributed by atoms with van der Waals surface area (Å²) in [4.78, 5) is 11.9. The maximum absolute atomic E-state index is 13.5. The van der Waals surface area contributed by atoms with E-state index in [1.807, 2.05) is 0 Å². The zero-order valence-corrected chi connectivity index (χ0v) is 11.7. The smallest absolute Gasteiger partial charge is 0.256 e. The van der Waals surface area contributed by atoms with Crippen LogP contribution in [0.4, 0.5) is 14.5 Å². The molecule has 0 saturated heterocycles. The summed E-state index contributed by atoms with van der Waals surface area (Å²) in [7, 11) is 0. The van der Waals surface area contributed by atoms with Gasteiger partial charge in [-0.15, -0.1) is 0 Å². The van der Waals surface area contributed by atoms with Crippen LogP contribution in [-0.2, 0) is 0 Å². The molecule has 1 amide bonds. The highest BCUT2D eigenvalue weighted by Crippen LogP contribution is 2.23. The fourth-order valence-corrected chi connectivity index (χ4v) is 2.05. The summed E-state index contributed by atoms with van der Waals surface area (Å²) in [6.07, 6.45) is 0. The lowest BCUT2D eigenvalue weighted by Crippen LogP contribution is -2.14. The molecule has 0 radical (unpaired) electrons. The number of benzene rings is 2. The van der Waals surface area contributed by atoms with E-state index >= 15 is 0 Å². The second-order valence-electron chi connectivity index (χ2n) is 3.70. The summed E-state index contributed by atoms with van der Waals surface area (Å²) >= 11 is 8.85. The summed E-state index contributed by atoms with van der Waals surface area (Å²) < 4.78 is 27.0. The lowest BCUT2D eigenvalue weighted by molar-refractivity contribution is 0.102. The van der Waals surface area contributed by atoms with Gasteiger partial charge in [-0.05, 0) is 52.3 Å². The fraction of sp³-hybridized carbons (Fsp3) is 0. The Morgan fingerprint density at radius 3 is 2.63 bits per heavy atom. The molecule has 0 aliphatic heterocycles. The molecule has 19 heavy (non-hydrogen) atoms. The molecular weight excluding hydrogens is 340 g/mol. The Balaban J connectivity index is 2.30. The molecule has 2 rings (SSSR count). The van der Waals surface area contributed by atoms with Crippen molar-refractivity contribution >= 4 is 39.1 Å². The maximum Gasteiger partial charge on any atom is 0.256 e. The normalized spacial score (nSPS) is 10.3. The minimum Gasteiger partial charge on any atom is -0.319 e. The van der Waals surface area contributed by atoms with Gasteiger partial charge in [-0.3, -0.25) is 4.79 Å². The fourth-order valence-electron chi connectivity index (χ4n) is 1.45. The third-order valence-corrected chi connectivity index (χ3v) is 3.28. The molecule has 0 spiro atoms. The van der Waals surface area contributed by atoms with E-state index in [0.29, 0.717) is 4.47 Å². The van der Waals surface area contributed by atoms with E-state index in [1.165, 1.54) is 24.3 Å². The highest BCUT2D eigenvalue weighted by Gasteiger charge is 2.13. The highest BCUT2D eigenvalue weighted by molar-refractivity contribution is 9.10. The van der Waals surface area contributed by atoms with E-state index in [4.69, 9.17) is 11.6 Å². The van der Waals surface area contributed by atoms with E-state index < -0.39 is 17.5 Å². The van der Waals surface area contributed by atoms with Crippen LogP contribution in [-0.4, -0.2) is 5.91 Å². The number of anilines is 1. The lowest BCUT2D eigenvalue weighted by atomic mass is 10.2. The number of hydrogen-bond donors (Lipinski definition) is 1. The van der Waals surface area contributed by atoms with Gasteiger partial charge in [0.2, 0.25) is 0 Å². The molecule has 0 aromatic heterocycles. The van der Waals surface area contributed by atoms with Crippen molar-refractivity contribution in [3.63, 3.8) is 0 Å². The van der Waals surface area contributed by atoms with Crippen LogP contribution in [0, 0.1) is 11.6 Å². The van der Waals surface area contributed by atoms with Crippen molar-refractivity contribution in [2.75, 3.05) is 5.32 Å². The zero-order chi connectivity index (χ0) is 14.0. The van der Waals surface area contributed by atoms with Crippen molar-refractivity contribution in [1.82, 2.24) is 0 Å². The summed E-state index contributed by atoms with van der Waals surface area (Å²) in [5.41, 5.74) is 0.00744. The van der Waals surface area contributed by atoms with Crippen molar-refractivity contribution in [3.05, 3.63) is 63.1 Å². The molecule has 0 saturated carbocycles. The predicted octanol–water partition coefficient (Wildman–Crippen LogP) is 4.63. The molecule has 0 bridgehead atoms. The first-order valence-electron chi connectivity index (χ1n) is 5.19. The molecule has 98 valence electrons. The lowest BCUT2D eigenvalue weighted by Gasteiger charge is -2.08. The number of carbonyl (C=O) groups excluding carboxylic acids is 1. The van der Waals surface area contributed by atoms with Gasteiger partial charge in [0.15, 0.2) is 0 Å². The maximum atomic E-state index is 13.5. The summed E-state index contributed by atoms with van der Waals surface area (Å²) in [6.45, 7) is 0. The number of nitrogens with one attached hydrogen (secondary N) is 1. The summed E-state index contributed by atoms with van der Waals surface area (Å²) in [5.74, 6) is -1.81. The molecular formula is C13H7BrClF2NO. The number of amides is 1. The van der Waals surface area contributed by atoms with Gasteiger partial charge in [-0.1, -0.05) is 11.6 Å². The largest absolute Gasteiger partial charge is 0.319 e. The molecule has 6 heteroatoms. The first-order chi connectivity index (χ1) is 8.97. The number of hydrogen-bond acceptors (Lipinski definition) is 1. The molecule has 2 aromatic rings. The second kappa shape index (κ2) is 5.67. The third-order valence-electron chi connectivity index (χ3n) is 2.35. The van der Waals surface area contributed by atoms with Crippen LogP contribution in [0.3, 0.4) is 0 Å². The average molecular weight is 347 g/mol. The minimum absolute atomic E-state index is 0.0614. The van der Waals surface area contributed by atoms with E-state index in [-0.39, 0.29) is 16.3 Å². The Bertz CT molecular complexity index is 649. The van der Waals surface area contributed by atoms with Crippen LogP contribution in [0.1, 0.15) is 10.4 Å². The molecule has 0 fully saturated rings. The Kier molecular flexibility index (Phi) is 4.17. The van der Waals surface area contributed by atoms with Gasteiger partial charge >= 0.3 is 0 Å². The van der Waals surface area contributed by atoms with Crippen LogP contribution < -0.4 is 5.32 Å². The highest BCUT2D eigenvalue weighted by atomic mass is 79.9. The van der Waals surface area contributed by atoms with Gasteiger partial charge in [0.05, 0.1) is 11.3 Å². The Labute approximate surface area is 121 Å². The van der Waals surface area contributed by atoms with Gasteiger partial charge in [0, 0.05) is 9.50 Å². The number of rotatable bonds is 2. The minimum atomic E-state index is -0.632. The molecule has 0 atom stereocenters. The standard InChI is InChI=1S/C13H7BrClF2NO/c14-10-3-2-8(16)6-9(10)13(19)18-12-5-7(15)1-4-11(12)17/h1-6H,(H,18,19). The van der Waals surface area contributed by atoms with E-state index in [2.05, 4.69) is 21.2 Å². The van der Waals surface area contributed by atoms with E-state index in [9.17, 15) is 13.6 Å². The van der Waals surface area contributed by atoms with Crippen molar-refractivity contribution in [2.45, 2.75) is 0 Å². The molecule has 2 aromatic carbocycles. The average Bonchev–Trinajstić information content (AvgIpc) is 2.36. The van der Waals surface area contributed by atoms with Crippen LogP contribution in [0.15, 0.2) is 40.9 Å². The summed E-state index contributed by atoms with van der Waals surface area (Å²) in [5, 5.41) is 2.63. The Morgan fingerprint density at radius 2 is 1.89 bits per heavy atom. The van der Waals surface area contributed by atoms with Gasteiger partial charge in [0.25, 0.3) is 5.91 Å². The van der Waals surface area contributed by atoms with Gasteiger partial charge < -0.3 is 5.32 Å². The van der Waals surface area contributed by atoms with E-state index in [0.717, 1.165) is 12.1 Å². The quantitative estimate of drug-likeness (QED) is 0.844. The van der Waals surface area contributed by atoms with Crippen molar-refractivity contribution in [1.29, 1.82) is 0 Å². The topological polar surface area (TPSA) is 29.1 Å². The first kappa shape index (κ1) is 14.0. The van der Waals surface area contributed by atoms with Crippen LogP contribution in [0.25, 0.3) is 0 Å². The van der Waals surface area contributed by atoms with Crippen molar-refractivity contribution < 1.29 is 13.6 Å². The van der Waals surface area contributed by atoms with E-state index in [1.54, 1.807) is 0 Å². The zero-order valence-electron chi connectivity index (χ0n) is 9.38. The molecule has 2 nitrogen and oxygen atoms in total. The van der Waals surface area contributed by atoms with Crippen LogP contribution in [0.5, 0.6) is 0 Å².